The number of rotatable bonds is 8. The predicted molar refractivity (Wildman–Crippen MR) is 97.7 cm³/mol. The number of nitrogens with one attached hydrogen (secondary N) is 1. The first-order valence-corrected chi connectivity index (χ1v) is 7.89. The third-order valence-corrected chi connectivity index (χ3v) is 3.40. The van der Waals surface area contributed by atoms with Crippen LogP contribution in [0.4, 0.5) is 11.4 Å². The lowest BCUT2D eigenvalue weighted by Gasteiger charge is -2.13. The molecule has 0 aromatic heterocycles. The van der Waals surface area contributed by atoms with Crippen LogP contribution in [0.15, 0.2) is 48.5 Å². The van der Waals surface area contributed by atoms with Crippen molar-refractivity contribution in [2.75, 3.05) is 37.5 Å². The highest BCUT2D eigenvalue weighted by Crippen LogP contribution is 2.15. The molecule has 2 aromatic carbocycles. The zero-order chi connectivity index (χ0) is 18.9. The highest BCUT2D eigenvalue weighted by Gasteiger charge is 2.09. The van der Waals surface area contributed by atoms with Gasteiger partial charge < -0.3 is 19.7 Å². The fraction of sp³-hybridized carbons (Fsp3) is 0.211. The molecule has 0 unspecified atom stereocenters. The Balaban J connectivity index is 1.72. The molecular weight excluding hydrogens is 336 g/mol. The van der Waals surface area contributed by atoms with Crippen molar-refractivity contribution < 1.29 is 23.9 Å². The molecular formula is C19H20N2O5. The van der Waals surface area contributed by atoms with Gasteiger partial charge in [0.15, 0.2) is 13.2 Å². The number of anilines is 2. The summed E-state index contributed by atoms with van der Waals surface area (Å²) in [6.07, 6.45) is 0.713. The minimum Gasteiger partial charge on any atom is -0.482 e. The Morgan fingerprint density at radius 1 is 1.00 bits per heavy atom. The van der Waals surface area contributed by atoms with Gasteiger partial charge in [-0.15, -0.1) is 0 Å². The van der Waals surface area contributed by atoms with Gasteiger partial charge >= 0.3 is 5.97 Å². The summed E-state index contributed by atoms with van der Waals surface area (Å²) in [5.74, 6) is -0.674. The standard InChI is InChI=1S/C19H20N2O5/c1-21(2)16-7-5-15(6-8-16)20-18(23)12-26-19(24)13-25-17-9-3-14(11-22)4-10-17/h3-11H,12-13H2,1-2H3,(H,20,23). The topological polar surface area (TPSA) is 84.9 Å². The van der Waals surface area contributed by atoms with Crippen LogP contribution in [0.25, 0.3) is 0 Å². The fourth-order valence-corrected chi connectivity index (χ4v) is 2.01. The molecule has 0 atom stereocenters. The first-order chi connectivity index (χ1) is 12.5. The van der Waals surface area contributed by atoms with Crippen molar-refractivity contribution in [3.8, 4) is 5.75 Å². The van der Waals surface area contributed by atoms with Crippen molar-refractivity contribution in [2.45, 2.75) is 0 Å². The first-order valence-electron chi connectivity index (χ1n) is 7.89. The highest BCUT2D eigenvalue weighted by atomic mass is 16.6. The summed E-state index contributed by atoms with van der Waals surface area (Å²) < 4.78 is 10.1. The van der Waals surface area contributed by atoms with Crippen LogP contribution in [-0.4, -0.2) is 45.5 Å². The molecule has 0 aliphatic heterocycles. The van der Waals surface area contributed by atoms with Crippen LogP contribution in [0.5, 0.6) is 5.75 Å². The summed E-state index contributed by atoms with van der Waals surface area (Å²) in [6.45, 7) is -0.729. The van der Waals surface area contributed by atoms with E-state index in [4.69, 9.17) is 9.47 Å². The first kappa shape index (κ1) is 19.0. The molecule has 0 fully saturated rings. The van der Waals surface area contributed by atoms with E-state index in [-0.39, 0.29) is 6.61 Å². The molecule has 0 aliphatic carbocycles. The van der Waals surface area contributed by atoms with Gasteiger partial charge in [0.2, 0.25) is 0 Å². The van der Waals surface area contributed by atoms with E-state index in [1.54, 1.807) is 36.4 Å². The van der Waals surface area contributed by atoms with Gasteiger partial charge in [-0.1, -0.05) is 0 Å². The number of hydrogen-bond acceptors (Lipinski definition) is 6. The lowest BCUT2D eigenvalue weighted by Crippen LogP contribution is -2.23. The second-order valence-electron chi connectivity index (χ2n) is 5.63. The van der Waals surface area contributed by atoms with E-state index in [1.807, 2.05) is 31.1 Å². The molecule has 0 heterocycles. The van der Waals surface area contributed by atoms with E-state index in [0.29, 0.717) is 23.3 Å². The molecule has 0 saturated carbocycles. The number of hydrogen-bond donors (Lipinski definition) is 1. The van der Waals surface area contributed by atoms with Crippen LogP contribution >= 0.6 is 0 Å². The molecule has 0 radical (unpaired) electrons. The normalized spacial score (nSPS) is 9.92. The van der Waals surface area contributed by atoms with E-state index in [9.17, 15) is 14.4 Å². The van der Waals surface area contributed by atoms with Crippen LogP contribution < -0.4 is 15.0 Å². The number of nitrogens with zero attached hydrogens (tertiary/aromatic N) is 1. The van der Waals surface area contributed by atoms with Gasteiger partial charge in [-0.3, -0.25) is 9.59 Å². The second kappa shape index (κ2) is 9.22. The fourth-order valence-electron chi connectivity index (χ4n) is 2.01. The Hall–Kier alpha value is -3.35. The van der Waals surface area contributed by atoms with E-state index in [1.165, 1.54) is 0 Å². The molecule has 1 N–H and O–H groups in total. The van der Waals surface area contributed by atoms with Gasteiger partial charge in [0, 0.05) is 31.0 Å². The molecule has 2 aromatic rings. The van der Waals surface area contributed by atoms with Crippen LogP contribution in [0.2, 0.25) is 0 Å². The molecule has 136 valence electrons. The molecule has 1 amide bonds. The summed E-state index contributed by atoms with van der Waals surface area (Å²) >= 11 is 0. The maximum absolute atomic E-state index is 11.8. The van der Waals surface area contributed by atoms with Crippen LogP contribution in [0, 0.1) is 0 Å². The third kappa shape index (κ3) is 5.94. The number of esters is 1. The Labute approximate surface area is 151 Å². The smallest absolute Gasteiger partial charge is 0.344 e. The van der Waals surface area contributed by atoms with Gasteiger partial charge in [0.25, 0.3) is 5.91 Å². The lowest BCUT2D eigenvalue weighted by molar-refractivity contribution is -0.149. The number of carbonyl (C=O) groups excluding carboxylic acids is 3. The van der Waals surface area contributed by atoms with Gasteiger partial charge in [0.05, 0.1) is 0 Å². The predicted octanol–water partition coefficient (Wildman–Crippen LogP) is 2.13. The average Bonchev–Trinajstić information content (AvgIpc) is 2.65. The van der Waals surface area contributed by atoms with E-state index < -0.39 is 18.5 Å². The molecule has 0 bridgehead atoms. The van der Waals surface area contributed by atoms with Crippen LogP contribution in [0.3, 0.4) is 0 Å². The van der Waals surface area contributed by atoms with Gasteiger partial charge in [-0.05, 0) is 48.5 Å². The van der Waals surface area contributed by atoms with Crippen LogP contribution in [0.1, 0.15) is 10.4 Å². The van der Waals surface area contributed by atoms with Crippen molar-refractivity contribution in [3.05, 3.63) is 54.1 Å². The Morgan fingerprint density at radius 3 is 2.23 bits per heavy atom. The summed E-state index contributed by atoms with van der Waals surface area (Å²) in [5, 5.41) is 2.64. The van der Waals surface area contributed by atoms with E-state index in [2.05, 4.69) is 5.32 Å². The summed E-state index contributed by atoms with van der Waals surface area (Å²) in [4.78, 5) is 35.9. The van der Waals surface area contributed by atoms with Gasteiger partial charge in [0.1, 0.15) is 12.0 Å². The van der Waals surface area contributed by atoms with Crippen molar-refractivity contribution in [3.63, 3.8) is 0 Å². The minimum absolute atomic E-state index is 0.328. The monoisotopic (exact) mass is 356 g/mol. The number of benzene rings is 2. The second-order valence-corrected chi connectivity index (χ2v) is 5.63. The summed E-state index contributed by atoms with van der Waals surface area (Å²) in [7, 11) is 3.84. The summed E-state index contributed by atoms with van der Waals surface area (Å²) in [6, 6.07) is 13.5. The molecule has 0 saturated heterocycles. The Morgan fingerprint density at radius 2 is 1.65 bits per heavy atom. The molecule has 2 rings (SSSR count). The Bertz CT molecular complexity index is 755. The number of ether oxygens (including phenoxy) is 2. The average molecular weight is 356 g/mol. The SMILES string of the molecule is CN(C)c1ccc(NC(=O)COC(=O)COc2ccc(C=O)cc2)cc1. The molecule has 7 heteroatoms. The maximum Gasteiger partial charge on any atom is 0.344 e. The maximum atomic E-state index is 11.8. The highest BCUT2D eigenvalue weighted by molar-refractivity contribution is 5.93. The molecule has 0 aliphatic rings. The minimum atomic E-state index is -0.664. The molecule has 26 heavy (non-hydrogen) atoms. The van der Waals surface area contributed by atoms with Crippen molar-refractivity contribution in [2.24, 2.45) is 0 Å². The van der Waals surface area contributed by atoms with Gasteiger partial charge in [-0.2, -0.15) is 0 Å². The zero-order valence-corrected chi connectivity index (χ0v) is 14.6. The zero-order valence-electron chi connectivity index (χ0n) is 14.6. The summed E-state index contributed by atoms with van der Waals surface area (Å²) in [5.41, 5.74) is 2.13. The quantitative estimate of drug-likeness (QED) is 0.576. The lowest BCUT2D eigenvalue weighted by atomic mass is 10.2. The number of carbonyl (C=O) groups is 3. The Kier molecular flexibility index (Phi) is 6.73. The molecule has 7 nitrogen and oxygen atoms in total. The van der Waals surface area contributed by atoms with Crippen molar-refractivity contribution in [1.82, 2.24) is 0 Å². The largest absolute Gasteiger partial charge is 0.482 e. The van der Waals surface area contributed by atoms with E-state index >= 15 is 0 Å². The number of aldehydes is 1. The third-order valence-electron chi connectivity index (χ3n) is 3.40. The number of amides is 1. The molecule has 0 spiro atoms. The van der Waals surface area contributed by atoms with Gasteiger partial charge in [-0.25, -0.2) is 4.79 Å². The van der Waals surface area contributed by atoms with Crippen molar-refractivity contribution in [1.29, 1.82) is 0 Å². The van der Waals surface area contributed by atoms with Crippen LogP contribution in [-0.2, 0) is 14.3 Å². The van der Waals surface area contributed by atoms with Crippen molar-refractivity contribution >= 4 is 29.5 Å². The van der Waals surface area contributed by atoms with E-state index in [0.717, 1.165) is 5.69 Å².